The van der Waals surface area contributed by atoms with Crippen LogP contribution in [0.2, 0.25) is 0 Å². The van der Waals surface area contributed by atoms with Crippen LogP contribution < -0.4 is 0 Å². The number of carbonyl (C=O) groups is 1. The SMILES string of the molecule is COC(=O)C(C)(C)c1cccc(CCl)c1. The molecule has 1 aromatic carbocycles. The Morgan fingerprint density at radius 3 is 2.67 bits per heavy atom. The normalized spacial score (nSPS) is 11.2. The highest BCUT2D eigenvalue weighted by Crippen LogP contribution is 2.25. The van der Waals surface area contributed by atoms with Crippen LogP contribution in [0.5, 0.6) is 0 Å². The highest BCUT2D eigenvalue weighted by atomic mass is 35.5. The number of hydrogen-bond donors (Lipinski definition) is 0. The van der Waals surface area contributed by atoms with Gasteiger partial charge in [-0.1, -0.05) is 24.3 Å². The van der Waals surface area contributed by atoms with Gasteiger partial charge in [-0.3, -0.25) is 4.79 Å². The number of ether oxygens (including phenoxy) is 1. The first-order valence-electron chi connectivity index (χ1n) is 4.76. The molecule has 0 fully saturated rings. The van der Waals surface area contributed by atoms with Crippen molar-refractivity contribution in [2.45, 2.75) is 25.1 Å². The van der Waals surface area contributed by atoms with Crippen LogP contribution in [-0.4, -0.2) is 13.1 Å². The van der Waals surface area contributed by atoms with Crippen molar-refractivity contribution in [2.75, 3.05) is 7.11 Å². The first-order chi connectivity index (χ1) is 7.02. The standard InChI is InChI=1S/C12H15ClO2/c1-12(2,11(14)15-3)10-6-4-5-9(7-10)8-13/h4-7H,8H2,1-3H3. The minimum Gasteiger partial charge on any atom is -0.468 e. The summed E-state index contributed by atoms with van der Waals surface area (Å²) in [4.78, 5) is 11.6. The smallest absolute Gasteiger partial charge is 0.315 e. The van der Waals surface area contributed by atoms with E-state index in [1.54, 1.807) is 0 Å². The molecular weight excluding hydrogens is 212 g/mol. The first-order valence-corrected chi connectivity index (χ1v) is 5.29. The summed E-state index contributed by atoms with van der Waals surface area (Å²) >= 11 is 5.75. The summed E-state index contributed by atoms with van der Waals surface area (Å²) in [5.74, 6) is 0.208. The molecular formula is C12H15ClO2. The molecule has 1 rings (SSSR count). The third kappa shape index (κ3) is 2.51. The highest BCUT2D eigenvalue weighted by molar-refractivity contribution is 6.17. The molecule has 1 aromatic rings. The van der Waals surface area contributed by atoms with Crippen molar-refractivity contribution < 1.29 is 9.53 Å². The Morgan fingerprint density at radius 2 is 2.13 bits per heavy atom. The van der Waals surface area contributed by atoms with Crippen molar-refractivity contribution >= 4 is 17.6 Å². The molecule has 0 bridgehead atoms. The number of benzene rings is 1. The van der Waals surface area contributed by atoms with Gasteiger partial charge in [-0.25, -0.2) is 0 Å². The second-order valence-corrected chi connectivity index (χ2v) is 4.22. The lowest BCUT2D eigenvalue weighted by atomic mass is 9.84. The molecule has 0 saturated carbocycles. The maximum absolute atomic E-state index is 11.6. The molecule has 0 atom stereocenters. The van der Waals surface area contributed by atoms with Gasteiger partial charge in [0.1, 0.15) is 0 Å². The summed E-state index contributed by atoms with van der Waals surface area (Å²) in [6, 6.07) is 7.68. The molecule has 0 heterocycles. The monoisotopic (exact) mass is 226 g/mol. The number of alkyl halides is 1. The molecule has 0 saturated heterocycles. The highest BCUT2D eigenvalue weighted by Gasteiger charge is 2.30. The van der Waals surface area contributed by atoms with Crippen molar-refractivity contribution in [1.82, 2.24) is 0 Å². The second kappa shape index (κ2) is 4.67. The molecule has 3 heteroatoms. The predicted octanol–water partition coefficient (Wildman–Crippen LogP) is 2.88. The summed E-state index contributed by atoms with van der Waals surface area (Å²) in [5, 5.41) is 0. The summed E-state index contributed by atoms with van der Waals surface area (Å²) < 4.78 is 4.77. The topological polar surface area (TPSA) is 26.3 Å². The van der Waals surface area contributed by atoms with Crippen molar-refractivity contribution in [3.8, 4) is 0 Å². The van der Waals surface area contributed by atoms with Crippen LogP contribution in [0.15, 0.2) is 24.3 Å². The Labute approximate surface area is 95.2 Å². The van der Waals surface area contributed by atoms with Gasteiger partial charge < -0.3 is 4.74 Å². The fraction of sp³-hybridized carbons (Fsp3) is 0.417. The Balaban J connectivity index is 3.09. The van der Waals surface area contributed by atoms with Crippen LogP contribution in [-0.2, 0) is 20.8 Å². The minimum atomic E-state index is -0.628. The Bertz CT molecular complexity index is 358. The second-order valence-electron chi connectivity index (χ2n) is 3.95. The molecule has 0 aromatic heterocycles. The van der Waals surface area contributed by atoms with Crippen LogP contribution in [0.3, 0.4) is 0 Å². The number of rotatable bonds is 3. The van der Waals surface area contributed by atoms with Crippen molar-refractivity contribution in [3.63, 3.8) is 0 Å². The average molecular weight is 227 g/mol. The molecule has 82 valence electrons. The number of esters is 1. The van der Waals surface area contributed by atoms with Gasteiger partial charge in [0.15, 0.2) is 0 Å². The third-order valence-corrected chi connectivity index (χ3v) is 2.81. The van der Waals surface area contributed by atoms with E-state index in [2.05, 4.69) is 0 Å². The van der Waals surface area contributed by atoms with Gasteiger partial charge >= 0.3 is 5.97 Å². The zero-order valence-corrected chi connectivity index (χ0v) is 9.97. The van der Waals surface area contributed by atoms with Crippen molar-refractivity contribution in [1.29, 1.82) is 0 Å². The third-order valence-electron chi connectivity index (χ3n) is 2.50. The largest absolute Gasteiger partial charge is 0.468 e. The molecule has 15 heavy (non-hydrogen) atoms. The van der Waals surface area contributed by atoms with E-state index in [-0.39, 0.29) is 5.97 Å². The lowest BCUT2D eigenvalue weighted by molar-refractivity contribution is -0.146. The zero-order valence-electron chi connectivity index (χ0n) is 9.21. The van der Waals surface area contributed by atoms with Gasteiger partial charge in [0.25, 0.3) is 0 Å². The van der Waals surface area contributed by atoms with Crippen molar-refractivity contribution in [3.05, 3.63) is 35.4 Å². The van der Waals surface area contributed by atoms with Crippen LogP contribution in [0.25, 0.3) is 0 Å². The van der Waals surface area contributed by atoms with E-state index in [0.717, 1.165) is 11.1 Å². The molecule has 0 unspecified atom stereocenters. The molecule has 0 aliphatic rings. The lowest BCUT2D eigenvalue weighted by Gasteiger charge is -2.22. The van der Waals surface area contributed by atoms with E-state index in [1.807, 2.05) is 38.1 Å². The van der Waals surface area contributed by atoms with Crippen LogP contribution in [0.1, 0.15) is 25.0 Å². The number of hydrogen-bond acceptors (Lipinski definition) is 2. The fourth-order valence-electron chi connectivity index (χ4n) is 1.42. The van der Waals surface area contributed by atoms with Gasteiger partial charge in [0.05, 0.1) is 12.5 Å². The van der Waals surface area contributed by atoms with E-state index >= 15 is 0 Å². The molecule has 0 amide bonds. The summed E-state index contributed by atoms with van der Waals surface area (Å²) in [6.07, 6.45) is 0. The van der Waals surface area contributed by atoms with Crippen LogP contribution in [0.4, 0.5) is 0 Å². The van der Waals surface area contributed by atoms with E-state index in [0.29, 0.717) is 5.88 Å². The number of carbonyl (C=O) groups excluding carboxylic acids is 1. The number of halogens is 1. The minimum absolute atomic E-state index is 0.241. The van der Waals surface area contributed by atoms with Gasteiger partial charge in [-0.05, 0) is 25.0 Å². The Morgan fingerprint density at radius 1 is 1.47 bits per heavy atom. The average Bonchev–Trinajstić information content (AvgIpc) is 2.27. The van der Waals surface area contributed by atoms with Crippen molar-refractivity contribution in [2.24, 2.45) is 0 Å². The maximum atomic E-state index is 11.6. The quantitative estimate of drug-likeness (QED) is 0.585. The predicted molar refractivity (Wildman–Crippen MR) is 61.0 cm³/mol. The van der Waals surface area contributed by atoms with Gasteiger partial charge in [0.2, 0.25) is 0 Å². The zero-order chi connectivity index (χ0) is 11.5. The molecule has 0 aliphatic heterocycles. The van der Waals surface area contributed by atoms with E-state index in [9.17, 15) is 4.79 Å². The van der Waals surface area contributed by atoms with Gasteiger partial charge in [-0.2, -0.15) is 0 Å². The molecule has 0 spiro atoms. The molecule has 0 N–H and O–H groups in total. The summed E-state index contributed by atoms with van der Waals surface area (Å²) in [5.41, 5.74) is 1.30. The maximum Gasteiger partial charge on any atom is 0.315 e. The molecule has 0 radical (unpaired) electrons. The van der Waals surface area contributed by atoms with Crippen LogP contribution in [0, 0.1) is 0 Å². The molecule has 2 nitrogen and oxygen atoms in total. The summed E-state index contributed by atoms with van der Waals surface area (Å²) in [7, 11) is 1.40. The Kier molecular flexibility index (Phi) is 3.75. The number of methoxy groups -OCH3 is 1. The van der Waals surface area contributed by atoms with E-state index < -0.39 is 5.41 Å². The Hall–Kier alpha value is -1.02. The van der Waals surface area contributed by atoms with Gasteiger partial charge in [0, 0.05) is 5.88 Å². The lowest BCUT2D eigenvalue weighted by Crippen LogP contribution is -2.30. The van der Waals surface area contributed by atoms with Crippen LogP contribution >= 0.6 is 11.6 Å². The molecule has 0 aliphatic carbocycles. The van der Waals surface area contributed by atoms with E-state index in [4.69, 9.17) is 16.3 Å². The fourth-order valence-corrected chi connectivity index (χ4v) is 1.58. The van der Waals surface area contributed by atoms with Gasteiger partial charge in [-0.15, -0.1) is 11.6 Å². The summed E-state index contributed by atoms with van der Waals surface area (Å²) in [6.45, 7) is 3.68. The first kappa shape index (κ1) is 12.1. The van der Waals surface area contributed by atoms with E-state index in [1.165, 1.54) is 7.11 Å².